The highest BCUT2D eigenvalue weighted by Gasteiger charge is 2.09. The Morgan fingerprint density at radius 3 is 2.76 bits per heavy atom. The van der Waals surface area contributed by atoms with Crippen LogP contribution < -0.4 is 10.9 Å². The fourth-order valence-electron chi connectivity index (χ4n) is 1.67. The van der Waals surface area contributed by atoms with E-state index in [0.29, 0.717) is 18.8 Å². The molecule has 0 saturated carbocycles. The molecule has 0 fully saturated rings. The molecule has 0 saturated heterocycles. The Kier molecular flexibility index (Phi) is 5.64. The number of rotatable bonds is 6. The summed E-state index contributed by atoms with van der Waals surface area (Å²) in [5.41, 5.74) is 0.250. The van der Waals surface area contributed by atoms with Crippen LogP contribution in [0.15, 0.2) is 23.1 Å². The van der Waals surface area contributed by atoms with E-state index < -0.39 is 0 Å². The number of hydrogen-bond acceptors (Lipinski definition) is 5. The van der Waals surface area contributed by atoms with Crippen molar-refractivity contribution in [1.29, 1.82) is 0 Å². The Hall–Kier alpha value is -1.08. The second kappa shape index (κ2) is 7.26. The maximum absolute atomic E-state index is 12.1. The molecule has 0 atom stereocenters. The van der Waals surface area contributed by atoms with Gasteiger partial charge in [0.2, 0.25) is 0 Å². The van der Waals surface area contributed by atoms with E-state index >= 15 is 0 Å². The minimum atomic E-state index is -0.285. The summed E-state index contributed by atoms with van der Waals surface area (Å²) in [4.78, 5) is 15.2. The Labute approximate surface area is 137 Å². The van der Waals surface area contributed by atoms with Crippen LogP contribution in [0.5, 0.6) is 0 Å². The van der Waals surface area contributed by atoms with Crippen LogP contribution in [0.1, 0.15) is 4.88 Å². The summed E-state index contributed by atoms with van der Waals surface area (Å²) in [6.45, 7) is 1.79. The van der Waals surface area contributed by atoms with Crippen LogP contribution in [0.3, 0.4) is 0 Å². The maximum atomic E-state index is 12.1. The van der Waals surface area contributed by atoms with E-state index in [2.05, 4.69) is 10.4 Å². The molecule has 0 amide bonds. The van der Waals surface area contributed by atoms with Gasteiger partial charge < -0.3 is 10.2 Å². The van der Waals surface area contributed by atoms with Gasteiger partial charge in [-0.1, -0.05) is 23.2 Å². The third kappa shape index (κ3) is 4.44. The first kappa shape index (κ1) is 16.3. The Morgan fingerprint density at radius 2 is 2.14 bits per heavy atom. The zero-order valence-electron chi connectivity index (χ0n) is 11.8. The van der Waals surface area contributed by atoms with Crippen LogP contribution in [-0.4, -0.2) is 35.3 Å². The van der Waals surface area contributed by atoms with E-state index in [4.69, 9.17) is 23.2 Å². The molecule has 0 aromatic carbocycles. The molecule has 1 N–H and O–H groups in total. The monoisotopic (exact) mass is 346 g/mol. The topological polar surface area (TPSA) is 50.2 Å². The number of halogens is 2. The molecule has 2 heterocycles. The number of nitrogens with one attached hydrogen (secondary N) is 1. The molecular weight excluding hydrogens is 331 g/mol. The van der Waals surface area contributed by atoms with Crippen LogP contribution in [0.4, 0.5) is 5.69 Å². The summed E-state index contributed by atoms with van der Waals surface area (Å²) >= 11 is 13.5. The number of likely N-dealkylation sites (N-methyl/N-ethyl adjacent to an activating group) is 1. The lowest BCUT2D eigenvalue weighted by atomic mass is 10.4. The van der Waals surface area contributed by atoms with E-state index in [0.717, 1.165) is 15.8 Å². The van der Waals surface area contributed by atoms with Gasteiger partial charge in [-0.25, -0.2) is 4.68 Å². The van der Waals surface area contributed by atoms with Crippen molar-refractivity contribution >= 4 is 40.2 Å². The molecule has 0 radical (unpaired) electrons. The van der Waals surface area contributed by atoms with Gasteiger partial charge in [0, 0.05) is 18.0 Å². The van der Waals surface area contributed by atoms with Crippen LogP contribution in [0.25, 0.3) is 0 Å². The van der Waals surface area contributed by atoms with Crippen LogP contribution in [0.2, 0.25) is 9.36 Å². The van der Waals surface area contributed by atoms with Crippen molar-refractivity contribution < 1.29 is 0 Å². The Morgan fingerprint density at radius 1 is 1.38 bits per heavy atom. The lowest BCUT2D eigenvalue weighted by molar-refractivity contribution is 0.367. The second-order valence-corrected chi connectivity index (χ2v) is 6.94. The largest absolute Gasteiger partial charge is 0.377 e. The number of aromatic nitrogens is 2. The molecule has 5 nitrogen and oxygen atoms in total. The number of anilines is 1. The minimum absolute atomic E-state index is 0.159. The van der Waals surface area contributed by atoms with Gasteiger partial charge in [-0.3, -0.25) is 4.79 Å². The van der Waals surface area contributed by atoms with Gasteiger partial charge in [-0.2, -0.15) is 5.10 Å². The molecule has 21 heavy (non-hydrogen) atoms. The van der Waals surface area contributed by atoms with E-state index in [-0.39, 0.29) is 10.6 Å². The lowest BCUT2D eigenvalue weighted by Crippen LogP contribution is -2.29. The van der Waals surface area contributed by atoms with E-state index in [1.165, 1.54) is 16.0 Å². The first-order valence-electron chi connectivity index (χ1n) is 6.36. The Balaban J connectivity index is 2.07. The van der Waals surface area contributed by atoms with Crippen molar-refractivity contribution in [3.8, 4) is 0 Å². The summed E-state index contributed by atoms with van der Waals surface area (Å²) in [7, 11) is 3.88. The van der Waals surface area contributed by atoms with Gasteiger partial charge in [-0.05, 0) is 26.2 Å². The van der Waals surface area contributed by atoms with Gasteiger partial charge in [0.05, 0.1) is 22.8 Å². The summed E-state index contributed by atoms with van der Waals surface area (Å²) in [6, 6.07) is 3.77. The molecule has 0 aliphatic carbocycles. The average molecular weight is 347 g/mol. The summed E-state index contributed by atoms with van der Waals surface area (Å²) < 4.78 is 2.10. The first-order chi connectivity index (χ1) is 9.97. The molecular formula is C13H16Cl2N4OS. The van der Waals surface area contributed by atoms with Crippen molar-refractivity contribution in [2.45, 2.75) is 13.1 Å². The highest BCUT2D eigenvalue weighted by Crippen LogP contribution is 2.23. The predicted molar refractivity (Wildman–Crippen MR) is 88.7 cm³/mol. The van der Waals surface area contributed by atoms with Crippen molar-refractivity contribution in [2.75, 3.05) is 26.0 Å². The van der Waals surface area contributed by atoms with Gasteiger partial charge in [0.25, 0.3) is 5.56 Å². The number of thiophene rings is 1. The van der Waals surface area contributed by atoms with Gasteiger partial charge >= 0.3 is 0 Å². The molecule has 2 aromatic heterocycles. The fraction of sp³-hybridized carbons (Fsp3) is 0.385. The molecule has 0 unspecified atom stereocenters. The van der Waals surface area contributed by atoms with E-state index in [1.807, 2.05) is 31.1 Å². The fourth-order valence-corrected chi connectivity index (χ4v) is 2.91. The van der Waals surface area contributed by atoms with Crippen LogP contribution >= 0.6 is 34.5 Å². The third-order valence-electron chi connectivity index (χ3n) is 2.83. The standard InChI is InChI=1S/C13H16Cl2N4OS/c1-18(2)5-6-19-13(20)12(15)10(8-17-19)16-7-9-3-4-11(14)21-9/h3-4,8,16H,5-7H2,1-2H3. The molecule has 2 aromatic rings. The second-order valence-electron chi connectivity index (χ2n) is 4.76. The van der Waals surface area contributed by atoms with Crippen molar-refractivity contribution in [2.24, 2.45) is 0 Å². The van der Waals surface area contributed by atoms with Gasteiger partial charge in [0.15, 0.2) is 0 Å². The zero-order chi connectivity index (χ0) is 15.4. The molecule has 8 heteroatoms. The number of nitrogens with zero attached hydrogens (tertiary/aromatic N) is 3. The van der Waals surface area contributed by atoms with E-state index in [9.17, 15) is 4.79 Å². The SMILES string of the molecule is CN(C)CCn1ncc(NCc2ccc(Cl)s2)c(Cl)c1=O. The van der Waals surface area contributed by atoms with Crippen molar-refractivity contribution in [3.63, 3.8) is 0 Å². The van der Waals surface area contributed by atoms with Crippen LogP contribution in [-0.2, 0) is 13.1 Å². The highest BCUT2D eigenvalue weighted by molar-refractivity contribution is 7.16. The van der Waals surface area contributed by atoms with E-state index in [1.54, 1.807) is 6.20 Å². The molecule has 2 rings (SSSR count). The normalized spacial score (nSPS) is 11.1. The molecule has 0 bridgehead atoms. The zero-order valence-corrected chi connectivity index (χ0v) is 14.1. The van der Waals surface area contributed by atoms with Crippen LogP contribution in [0, 0.1) is 0 Å². The Bertz CT molecular complexity index is 668. The maximum Gasteiger partial charge on any atom is 0.287 e. The van der Waals surface area contributed by atoms with Gasteiger partial charge in [0.1, 0.15) is 5.02 Å². The third-order valence-corrected chi connectivity index (χ3v) is 4.42. The molecule has 0 aliphatic heterocycles. The molecule has 0 aliphatic rings. The quantitative estimate of drug-likeness (QED) is 0.873. The smallest absolute Gasteiger partial charge is 0.287 e. The van der Waals surface area contributed by atoms with Gasteiger partial charge in [-0.15, -0.1) is 11.3 Å². The number of hydrogen-bond donors (Lipinski definition) is 1. The summed E-state index contributed by atoms with van der Waals surface area (Å²) in [5, 5.41) is 7.40. The highest BCUT2D eigenvalue weighted by atomic mass is 35.5. The average Bonchev–Trinajstić information content (AvgIpc) is 2.85. The van der Waals surface area contributed by atoms with Crippen molar-refractivity contribution in [3.05, 3.63) is 42.9 Å². The van der Waals surface area contributed by atoms with Crippen molar-refractivity contribution in [1.82, 2.24) is 14.7 Å². The molecule has 0 spiro atoms. The summed E-state index contributed by atoms with van der Waals surface area (Å²) in [6.07, 6.45) is 1.58. The predicted octanol–water partition coefficient (Wildman–Crippen LogP) is 2.79. The first-order valence-corrected chi connectivity index (χ1v) is 7.93. The molecule has 114 valence electrons. The lowest BCUT2D eigenvalue weighted by Gasteiger charge is -2.12. The summed E-state index contributed by atoms with van der Waals surface area (Å²) in [5.74, 6) is 0. The minimum Gasteiger partial charge on any atom is -0.377 e.